The molecule has 0 heteroatoms. The van der Waals surface area contributed by atoms with Crippen LogP contribution in [-0.2, 0) is 0 Å². The van der Waals surface area contributed by atoms with Gasteiger partial charge in [0.05, 0.1) is 0 Å². The third-order valence-electron chi connectivity index (χ3n) is 8.04. The molecule has 0 aliphatic rings. The fraction of sp³-hybridized carbons (Fsp3) is 0.0769. The Labute approximate surface area is 231 Å². The predicted octanol–water partition coefficient (Wildman–Crippen LogP) is 11.3. The van der Waals surface area contributed by atoms with Gasteiger partial charge in [0.15, 0.2) is 0 Å². The first kappa shape index (κ1) is 24.6. The van der Waals surface area contributed by atoms with Gasteiger partial charge < -0.3 is 0 Å². The van der Waals surface area contributed by atoms with E-state index in [2.05, 4.69) is 149 Å². The molecule has 0 fully saturated rings. The van der Waals surface area contributed by atoms with Gasteiger partial charge in [0.2, 0.25) is 0 Å². The molecule has 0 spiro atoms. The smallest absolute Gasteiger partial charge is 0.00262 e. The Morgan fingerprint density at radius 3 is 1.49 bits per heavy atom. The van der Waals surface area contributed by atoms with Gasteiger partial charge in [-0.15, -0.1) is 0 Å². The summed E-state index contributed by atoms with van der Waals surface area (Å²) in [4.78, 5) is 0. The molecule has 0 aliphatic heterocycles. The second kappa shape index (κ2) is 10.2. The van der Waals surface area contributed by atoms with Crippen LogP contribution in [0, 0.1) is 6.92 Å². The topological polar surface area (TPSA) is 0 Å². The van der Waals surface area contributed by atoms with Gasteiger partial charge in [-0.05, 0) is 104 Å². The molecule has 0 saturated heterocycles. The summed E-state index contributed by atoms with van der Waals surface area (Å²) in [6, 6.07) is 44.2. The Hall–Kier alpha value is -4.68. The quantitative estimate of drug-likeness (QED) is 0.163. The largest absolute Gasteiger partial charge is 0.0988 e. The molecule has 0 aromatic heterocycles. The summed E-state index contributed by atoms with van der Waals surface area (Å²) in [5.41, 5.74) is 12.6. The summed E-state index contributed by atoms with van der Waals surface area (Å²) in [6.45, 7) is 10.5. The van der Waals surface area contributed by atoms with E-state index < -0.39 is 0 Å². The highest BCUT2D eigenvalue weighted by atomic mass is 14.2. The SMILES string of the molecule is C=C/C(C)=C(\C)c1cc(-c2c3ccccc3c(-c3ccc(-c4ccccc4)cc3)c3ccccc23)ccc1C. The zero-order chi connectivity index (χ0) is 26.9. The van der Waals surface area contributed by atoms with Crippen molar-refractivity contribution in [1.29, 1.82) is 0 Å². The van der Waals surface area contributed by atoms with Crippen LogP contribution in [0.1, 0.15) is 25.0 Å². The lowest BCUT2D eigenvalue weighted by molar-refractivity contribution is 1.38. The van der Waals surface area contributed by atoms with Crippen molar-refractivity contribution in [1.82, 2.24) is 0 Å². The van der Waals surface area contributed by atoms with Crippen molar-refractivity contribution in [2.24, 2.45) is 0 Å². The standard InChI is InChI=1S/C39H32/c1-5-26(2)28(4)37-25-32(20-19-27(37)3)39-35-17-11-9-15-33(35)38(34-16-10-12-18-36(34)39)31-23-21-30(22-24-31)29-13-7-6-8-14-29/h5-25H,1H2,2-4H3/b28-26+. The molecule has 0 saturated carbocycles. The molecule has 6 aromatic carbocycles. The lowest BCUT2D eigenvalue weighted by atomic mass is 9.84. The molecule has 0 radical (unpaired) electrons. The molecule has 0 atom stereocenters. The first-order valence-corrected chi connectivity index (χ1v) is 13.6. The Kier molecular flexibility index (Phi) is 6.47. The third kappa shape index (κ3) is 4.39. The first-order chi connectivity index (χ1) is 19.1. The van der Waals surface area contributed by atoms with Gasteiger partial charge in [0.25, 0.3) is 0 Å². The van der Waals surface area contributed by atoms with Crippen molar-refractivity contribution < 1.29 is 0 Å². The number of fused-ring (bicyclic) bond motifs is 2. The van der Waals surface area contributed by atoms with E-state index in [1.807, 2.05) is 6.08 Å². The number of allylic oxidation sites excluding steroid dienone is 3. The Bertz CT molecular complexity index is 1810. The summed E-state index contributed by atoms with van der Waals surface area (Å²) >= 11 is 0. The van der Waals surface area contributed by atoms with Crippen molar-refractivity contribution >= 4 is 27.1 Å². The van der Waals surface area contributed by atoms with Crippen LogP contribution in [-0.4, -0.2) is 0 Å². The monoisotopic (exact) mass is 500 g/mol. The zero-order valence-electron chi connectivity index (χ0n) is 22.8. The van der Waals surface area contributed by atoms with Gasteiger partial charge in [-0.2, -0.15) is 0 Å². The number of aryl methyl sites for hydroxylation is 1. The summed E-state index contributed by atoms with van der Waals surface area (Å²) in [7, 11) is 0. The average molecular weight is 501 g/mol. The van der Waals surface area contributed by atoms with E-state index in [1.54, 1.807) is 0 Å². The molecule has 6 rings (SSSR count). The summed E-state index contributed by atoms with van der Waals surface area (Å²) < 4.78 is 0. The van der Waals surface area contributed by atoms with Crippen LogP contribution in [0.25, 0.3) is 60.5 Å². The molecular weight excluding hydrogens is 468 g/mol. The van der Waals surface area contributed by atoms with Gasteiger partial charge in [0, 0.05) is 0 Å². The third-order valence-corrected chi connectivity index (χ3v) is 8.04. The summed E-state index contributed by atoms with van der Waals surface area (Å²) in [5.74, 6) is 0. The second-order valence-electron chi connectivity index (χ2n) is 10.3. The van der Waals surface area contributed by atoms with E-state index in [0.29, 0.717) is 0 Å². The van der Waals surface area contributed by atoms with Crippen LogP contribution in [0.2, 0.25) is 0 Å². The van der Waals surface area contributed by atoms with Crippen LogP contribution < -0.4 is 0 Å². The van der Waals surface area contributed by atoms with E-state index in [4.69, 9.17) is 0 Å². The second-order valence-corrected chi connectivity index (χ2v) is 10.3. The number of hydrogen-bond acceptors (Lipinski definition) is 0. The van der Waals surface area contributed by atoms with Gasteiger partial charge in [-0.25, -0.2) is 0 Å². The van der Waals surface area contributed by atoms with Gasteiger partial charge in [0.1, 0.15) is 0 Å². The summed E-state index contributed by atoms with van der Waals surface area (Å²) in [5, 5.41) is 5.09. The van der Waals surface area contributed by atoms with Gasteiger partial charge in [-0.1, -0.05) is 128 Å². The van der Waals surface area contributed by atoms with E-state index >= 15 is 0 Å². The number of hydrogen-bond donors (Lipinski definition) is 0. The molecular formula is C39H32. The van der Waals surface area contributed by atoms with Crippen LogP contribution in [0.5, 0.6) is 0 Å². The van der Waals surface area contributed by atoms with Crippen molar-refractivity contribution in [3.8, 4) is 33.4 Å². The minimum absolute atomic E-state index is 1.21. The minimum atomic E-state index is 1.21. The maximum absolute atomic E-state index is 4.00. The molecule has 6 aromatic rings. The molecule has 0 unspecified atom stereocenters. The van der Waals surface area contributed by atoms with Crippen molar-refractivity contribution in [3.05, 3.63) is 151 Å². The average Bonchev–Trinajstić information content (AvgIpc) is 3.00. The number of benzene rings is 6. The Balaban J connectivity index is 1.62. The van der Waals surface area contributed by atoms with Crippen molar-refractivity contribution in [2.45, 2.75) is 20.8 Å². The first-order valence-electron chi connectivity index (χ1n) is 13.6. The fourth-order valence-corrected chi connectivity index (χ4v) is 5.76. The highest BCUT2D eigenvalue weighted by Gasteiger charge is 2.17. The van der Waals surface area contributed by atoms with E-state index in [-0.39, 0.29) is 0 Å². The van der Waals surface area contributed by atoms with Gasteiger partial charge >= 0.3 is 0 Å². The van der Waals surface area contributed by atoms with E-state index in [0.717, 1.165) is 0 Å². The van der Waals surface area contributed by atoms with Crippen molar-refractivity contribution in [3.63, 3.8) is 0 Å². The highest BCUT2D eigenvalue weighted by Crippen LogP contribution is 2.44. The Morgan fingerprint density at radius 2 is 0.949 bits per heavy atom. The lowest BCUT2D eigenvalue weighted by Gasteiger charge is -2.19. The molecule has 0 heterocycles. The van der Waals surface area contributed by atoms with Crippen LogP contribution in [0.4, 0.5) is 0 Å². The molecule has 0 aliphatic carbocycles. The molecule has 0 amide bonds. The maximum Gasteiger partial charge on any atom is -0.00262 e. The predicted molar refractivity (Wildman–Crippen MR) is 171 cm³/mol. The zero-order valence-corrected chi connectivity index (χ0v) is 22.8. The fourth-order valence-electron chi connectivity index (χ4n) is 5.76. The highest BCUT2D eigenvalue weighted by molar-refractivity contribution is 6.21. The number of rotatable bonds is 5. The maximum atomic E-state index is 4.00. The normalized spacial score (nSPS) is 12.0. The van der Waals surface area contributed by atoms with Crippen LogP contribution in [0.3, 0.4) is 0 Å². The van der Waals surface area contributed by atoms with Crippen molar-refractivity contribution in [2.75, 3.05) is 0 Å². The van der Waals surface area contributed by atoms with Crippen LogP contribution in [0.15, 0.2) is 140 Å². The lowest BCUT2D eigenvalue weighted by Crippen LogP contribution is -1.93. The Morgan fingerprint density at radius 1 is 0.513 bits per heavy atom. The van der Waals surface area contributed by atoms with E-state index in [1.165, 1.54) is 77.2 Å². The molecule has 0 nitrogen and oxygen atoms in total. The molecule has 188 valence electrons. The van der Waals surface area contributed by atoms with Crippen LogP contribution >= 0.6 is 0 Å². The van der Waals surface area contributed by atoms with E-state index in [9.17, 15) is 0 Å². The minimum Gasteiger partial charge on any atom is -0.0988 e. The molecule has 0 N–H and O–H groups in total. The molecule has 0 bridgehead atoms. The van der Waals surface area contributed by atoms with Gasteiger partial charge in [-0.3, -0.25) is 0 Å². The summed E-state index contributed by atoms with van der Waals surface area (Å²) in [6.07, 6.45) is 1.95. The molecule has 39 heavy (non-hydrogen) atoms.